The number of rotatable bonds is 5. The van der Waals surface area contributed by atoms with E-state index in [1.54, 1.807) is 39.1 Å². The minimum Gasteiger partial charge on any atom is -0.462 e. The molecule has 6 heteroatoms. The molecule has 1 N–H and O–H groups in total. The van der Waals surface area contributed by atoms with E-state index in [-0.39, 0.29) is 24.5 Å². The summed E-state index contributed by atoms with van der Waals surface area (Å²) in [5.74, 6) is -0.714. The summed E-state index contributed by atoms with van der Waals surface area (Å²) in [5.41, 5.74) is 1.59. The first-order valence-corrected chi connectivity index (χ1v) is 7.00. The average molecular weight is 302 g/mol. The second kappa shape index (κ2) is 6.43. The lowest BCUT2D eigenvalue weighted by Gasteiger charge is -2.04. The van der Waals surface area contributed by atoms with Crippen molar-refractivity contribution < 1.29 is 14.3 Å². The standard InChI is InChI=1S/C16H18N2O4/c1-4-22-16(21)14-10(2)15(17-11(14)3)12(19)9-18-8-6-5-7-13(18)20/h5-8,17H,4,9H2,1-3H3. The third kappa shape index (κ3) is 3.00. The lowest BCUT2D eigenvalue weighted by Crippen LogP contribution is -2.23. The predicted octanol–water partition coefficient (Wildman–Crippen LogP) is 1.85. The number of aryl methyl sites for hydroxylation is 1. The van der Waals surface area contributed by atoms with Crippen LogP contribution < -0.4 is 5.56 Å². The van der Waals surface area contributed by atoms with Crippen molar-refractivity contribution >= 4 is 11.8 Å². The number of Topliss-reactive ketones (excluding diaryl/α,β-unsaturated/α-hetero) is 1. The number of hydrogen-bond donors (Lipinski definition) is 1. The summed E-state index contributed by atoms with van der Waals surface area (Å²) in [6, 6.07) is 4.70. The lowest BCUT2D eigenvalue weighted by atomic mass is 10.1. The van der Waals surface area contributed by atoms with E-state index in [0.29, 0.717) is 22.5 Å². The van der Waals surface area contributed by atoms with Gasteiger partial charge < -0.3 is 14.3 Å². The van der Waals surface area contributed by atoms with Crippen LogP contribution in [-0.2, 0) is 11.3 Å². The van der Waals surface area contributed by atoms with Crippen LogP contribution in [0, 0.1) is 13.8 Å². The Bertz CT molecular complexity index is 771. The lowest BCUT2D eigenvalue weighted by molar-refractivity contribution is 0.0525. The van der Waals surface area contributed by atoms with Crippen LogP contribution in [0.2, 0.25) is 0 Å². The Morgan fingerprint density at radius 2 is 2.00 bits per heavy atom. The molecule has 0 aliphatic carbocycles. The summed E-state index contributed by atoms with van der Waals surface area (Å²) < 4.78 is 6.32. The maximum Gasteiger partial charge on any atom is 0.340 e. The molecule has 22 heavy (non-hydrogen) atoms. The molecule has 2 heterocycles. The first-order valence-electron chi connectivity index (χ1n) is 7.00. The molecule has 0 saturated carbocycles. The van der Waals surface area contributed by atoms with Crippen LogP contribution in [-0.4, -0.2) is 27.9 Å². The van der Waals surface area contributed by atoms with Crippen LogP contribution in [0.15, 0.2) is 29.2 Å². The average Bonchev–Trinajstić information content (AvgIpc) is 2.77. The normalized spacial score (nSPS) is 10.5. The Balaban J connectivity index is 2.32. The molecule has 0 aliphatic rings. The zero-order chi connectivity index (χ0) is 16.3. The molecular formula is C16H18N2O4. The molecule has 0 aromatic carbocycles. The van der Waals surface area contributed by atoms with Crippen molar-refractivity contribution in [3.63, 3.8) is 0 Å². The smallest absolute Gasteiger partial charge is 0.340 e. The highest BCUT2D eigenvalue weighted by Crippen LogP contribution is 2.19. The number of carbonyl (C=O) groups is 2. The Morgan fingerprint density at radius 3 is 2.64 bits per heavy atom. The van der Waals surface area contributed by atoms with Crippen molar-refractivity contribution in [2.75, 3.05) is 6.61 Å². The Labute approximate surface area is 127 Å². The van der Waals surface area contributed by atoms with Gasteiger partial charge in [0.1, 0.15) is 0 Å². The molecule has 6 nitrogen and oxygen atoms in total. The zero-order valence-corrected chi connectivity index (χ0v) is 12.8. The molecule has 0 aliphatic heterocycles. The highest BCUT2D eigenvalue weighted by molar-refractivity contribution is 6.01. The van der Waals surface area contributed by atoms with E-state index in [1.807, 2.05) is 0 Å². The Hall–Kier alpha value is -2.63. The van der Waals surface area contributed by atoms with Gasteiger partial charge in [0, 0.05) is 18.0 Å². The number of ether oxygens (including phenoxy) is 1. The Morgan fingerprint density at radius 1 is 1.27 bits per heavy atom. The number of esters is 1. The SMILES string of the molecule is CCOC(=O)c1c(C)[nH]c(C(=O)Cn2ccccc2=O)c1C. The van der Waals surface area contributed by atoms with E-state index >= 15 is 0 Å². The molecule has 0 atom stereocenters. The molecule has 0 bridgehead atoms. The number of pyridine rings is 1. The van der Waals surface area contributed by atoms with Crippen LogP contribution in [0.1, 0.15) is 39.0 Å². The highest BCUT2D eigenvalue weighted by atomic mass is 16.5. The maximum absolute atomic E-state index is 12.4. The number of aromatic nitrogens is 2. The van der Waals surface area contributed by atoms with Gasteiger partial charge in [-0.2, -0.15) is 0 Å². The fraction of sp³-hybridized carbons (Fsp3) is 0.312. The topological polar surface area (TPSA) is 81.2 Å². The zero-order valence-electron chi connectivity index (χ0n) is 12.8. The number of nitrogens with one attached hydrogen (secondary N) is 1. The van der Waals surface area contributed by atoms with E-state index < -0.39 is 5.97 Å². The summed E-state index contributed by atoms with van der Waals surface area (Å²) in [4.78, 5) is 38.9. The summed E-state index contributed by atoms with van der Waals surface area (Å²) in [7, 11) is 0. The van der Waals surface area contributed by atoms with Gasteiger partial charge in [-0.15, -0.1) is 0 Å². The van der Waals surface area contributed by atoms with Gasteiger partial charge in [0.05, 0.1) is 24.4 Å². The summed E-state index contributed by atoms with van der Waals surface area (Å²) >= 11 is 0. The van der Waals surface area contributed by atoms with Gasteiger partial charge in [0.2, 0.25) is 0 Å². The van der Waals surface area contributed by atoms with Crippen molar-refractivity contribution in [3.8, 4) is 0 Å². The number of hydrogen-bond acceptors (Lipinski definition) is 4. The van der Waals surface area contributed by atoms with Gasteiger partial charge in [-0.25, -0.2) is 4.79 Å². The highest BCUT2D eigenvalue weighted by Gasteiger charge is 2.22. The fourth-order valence-corrected chi connectivity index (χ4v) is 2.36. The van der Waals surface area contributed by atoms with Gasteiger partial charge in [0.15, 0.2) is 5.78 Å². The summed E-state index contributed by atoms with van der Waals surface area (Å²) in [6.07, 6.45) is 1.55. The first-order chi connectivity index (χ1) is 10.5. The molecule has 0 fully saturated rings. The van der Waals surface area contributed by atoms with E-state index in [1.165, 1.54) is 10.6 Å². The minimum absolute atomic E-state index is 0.0806. The van der Waals surface area contributed by atoms with Crippen molar-refractivity contribution in [1.29, 1.82) is 0 Å². The van der Waals surface area contributed by atoms with Crippen molar-refractivity contribution in [3.05, 3.63) is 57.3 Å². The van der Waals surface area contributed by atoms with Gasteiger partial charge >= 0.3 is 5.97 Å². The predicted molar refractivity (Wildman–Crippen MR) is 81.3 cm³/mol. The van der Waals surface area contributed by atoms with Crippen LogP contribution in [0.4, 0.5) is 0 Å². The molecule has 0 amide bonds. The first kappa shape index (κ1) is 15.8. The van der Waals surface area contributed by atoms with Crippen LogP contribution >= 0.6 is 0 Å². The second-order valence-corrected chi connectivity index (χ2v) is 4.94. The summed E-state index contributed by atoms with van der Waals surface area (Å²) in [6.45, 7) is 5.32. The molecule has 0 saturated heterocycles. The molecule has 0 spiro atoms. The molecule has 2 aromatic heterocycles. The number of carbonyl (C=O) groups excluding carboxylic acids is 2. The number of aromatic amines is 1. The van der Waals surface area contributed by atoms with E-state index in [2.05, 4.69) is 4.98 Å². The fourth-order valence-electron chi connectivity index (χ4n) is 2.36. The molecule has 116 valence electrons. The molecule has 2 rings (SSSR count). The maximum atomic E-state index is 12.4. The van der Waals surface area contributed by atoms with Crippen LogP contribution in [0.5, 0.6) is 0 Å². The molecule has 0 unspecified atom stereocenters. The van der Waals surface area contributed by atoms with Gasteiger partial charge in [-0.3, -0.25) is 9.59 Å². The second-order valence-electron chi connectivity index (χ2n) is 4.94. The van der Waals surface area contributed by atoms with Crippen molar-refractivity contribution in [1.82, 2.24) is 9.55 Å². The minimum atomic E-state index is -0.454. The van der Waals surface area contributed by atoms with Crippen molar-refractivity contribution in [2.45, 2.75) is 27.3 Å². The van der Waals surface area contributed by atoms with Gasteiger partial charge in [-0.05, 0) is 32.4 Å². The van der Waals surface area contributed by atoms with Crippen LogP contribution in [0.25, 0.3) is 0 Å². The third-order valence-corrected chi connectivity index (χ3v) is 3.41. The Kier molecular flexibility index (Phi) is 4.60. The summed E-state index contributed by atoms with van der Waals surface area (Å²) in [5, 5.41) is 0. The quantitative estimate of drug-likeness (QED) is 0.675. The molecular weight excluding hydrogens is 284 g/mol. The molecule has 2 aromatic rings. The van der Waals surface area contributed by atoms with E-state index in [9.17, 15) is 14.4 Å². The third-order valence-electron chi connectivity index (χ3n) is 3.41. The molecule has 0 radical (unpaired) electrons. The van der Waals surface area contributed by atoms with E-state index in [4.69, 9.17) is 4.74 Å². The monoisotopic (exact) mass is 302 g/mol. The number of nitrogens with zero attached hydrogens (tertiary/aromatic N) is 1. The largest absolute Gasteiger partial charge is 0.462 e. The van der Waals surface area contributed by atoms with Gasteiger partial charge in [0.25, 0.3) is 5.56 Å². The number of ketones is 1. The van der Waals surface area contributed by atoms with Gasteiger partial charge in [-0.1, -0.05) is 6.07 Å². The number of H-pyrrole nitrogens is 1. The van der Waals surface area contributed by atoms with Crippen LogP contribution in [0.3, 0.4) is 0 Å². The van der Waals surface area contributed by atoms with E-state index in [0.717, 1.165) is 0 Å². The van der Waals surface area contributed by atoms with Crippen molar-refractivity contribution in [2.24, 2.45) is 0 Å².